The molecule has 12 nitrogen and oxygen atoms in total. The van der Waals surface area contributed by atoms with Gasteiger partial charge in [0.2, 0.25) is 11.5 Å². The summed E-state index contributed by atoms with van der Waals surface area (Å²) < 4.78 is 7.05. The molecule has 174 valence electrons. The van der Waals surface area contributed by atoms with Crippen LogP contribution in [0.15, 0.2) is 65.8 Å². The Morgan fingerprint density at radius 1 is 1.09 bits per heavy atom. The van der Waals surface area contributed by atoms with Crippen molar-refractivity contribution in [1.82, 2.24) is 39.6 Å². The van der Waals surface area contributed by atoms with Crippen LogP contribution in [0.4, 0.5) is 11.6 Å². The van der Waals surface area contributed by atoms with E-state index in [-0.39, 0.29) is 12.2 Å². The quantitative estimate of drug-likeness (QED) is 0.392. The highest BCUT2D eigenvalue weighted by Gasteiger charge is 2.48. The number of pyridine rings is 1. The van der Waals surface area contributed by atoms with Crippen molar-refractivity contribution in [2.24, 2.45) is 0 Å². The second-order valence-electron chi connectivity index (χ2n) is 8.18. The van der Waals surface area contributed by atoms with Crippen LogP contribution in [0.5, 0.6) is 0 Å². The third kappa shape index (κ3) is 3.56. The molecule has 0 unspecified atom stereocenters. The van der Waals surface area contributed by atoms with E-state index in [4.69, 9.17) is 4.52 Å². The second kappa shape index (κ2) is 7.95. The Morgan fingerprint density at radius 2 is 1.91 bits per heavy atom. The lowest BCUT2D eigenvalue weighted by molar-refractivity contribution is -0.144. The zero-order valence-electron chi connectivity index (χ0n) is 18.5. The highest BCUT2D eigenvalue weighted by molar-refractivity contribution is 5.87. The Morgan fingerprint density at radius 3 is 2.74 bits per heavy atom. The van der Waals surface area contributed by atoms with Gasteiger partial charge in [0.25, 0.3) is 5.91 Å². The molecule has 1 saturated heterocycles. The summed E-state index contributed by atoms with van der Waals surface area (Å²) in [6.45, 7) is 0.439. The van der Waals surface area contributed by atoms with E-state index >= 15 is 0 Å². The van der Waals surface area contributed by atoms with Crippen molar-refractivity contribution in [3.05, 3.63) is 67.1 Å². The molecule has 6 heterocycles. The fraction of sp³-hybridized carbons (Fsp3) is 0.174. The van der Waals surface area contributed by atoms with Crippen LogP contribution < -0.4 is 5.32 Å². The molecule has 0 spiro atoms. The van der Waals surface area contributed by atoms with Crippen LogP contribution in [0.25, 0.3) is 28.3 Å². The zero-order chi connectivity index (χ0) is 24.0. The summed E-state index contributed by atoms with van der Waals surface area (Å²) in [5.41, 5.74) is 1.90. The fourth-order valence-corrected chi connectivity index (χ4v) is 4.01. The highest BCUT2D eigenvalue weighted by atomic mass is 16.5. The van der Waals surface area contributed by atoms with Gasteiger partial charge >= 0.3 is 0 Å². The van der Waals surface area contributed by atoms with Crippen molar-refractivity contribution in [3.8, 4) is 22.8 Å². The Kier molecular flexibility index (Phi) is 4.74. The number of likely N-dealkylation sites (tertiary alicyclic amines) is 1. The number of aliphatic hydroxyl groups is 1. The molecule has 35 heavy (non-hydrogen) atoms. The Hall–Kier alpha value is -4.71. The molecule has 0 aliphatic carbocycles. The number of hydrogen-bond acceptors (Lipinski definition) is 10. The van der Waals surface area contributed by atoms with E-state index in [1.807, 2.05) is 12.1 Å². The SMILES string of the molecule is CN1CC[C@@](O)(c2cc(-c3cccc(-c4ccnc(Nc5cnn6ccncc56)n4)n3)no2)C1=O. The Balaban J connectivity index is 1.28. The minimum Gasteiger partial charge on any atom is -0.373 e. The topological polar surface area (TPSA) is 147 Å². The first kappa shape index (κ1) is 20.9. The number of hydrogen-bond donors (Lipinski definition) is 2. The van der Waals surface area contributed by atoms with Crippen LogP contribution in [0.1, 0.15) is 12.2 Å². The smallest absolute Gasteiger partial charge is 0.262 e. The predicted octanol–water partition coefficient (Wildman–Crippen LogP) is 2.03. The predicted molar refractivity (Wildman–Crippen MR) is 123 cm³/mol. The average molecular weight is 469 g/mol. The van der Waals surface area contributed by atoms with Crippen molar-refractivity contribution < 1.29 is 14.4 Å². The molecule has 12 heteroatoms. The first-order valence-electron chi connectivity index (χ1n) is 10.8. The van der Waals surface area contributed by atoms with Crippen LogP contribution in [0.3, 0.4) is 0 Å². The lowest BCUT2D eigenvalue weighted by Crippen LogP contribution is -2.35. The molecule has 1 atom stereocenters. The largest absolute Gasteiger partial charge is 0.373 e. The molecule has 0 aromatic carbocycles. The first-order valence-corrected chi connectivity index (χ1v) is 10.8. The third-order valence-electron chi connectivity index (χ3n) is 5.93. The molecule has 0 bridgehead atoms. The van der Waals surface area contributed by atoms with Crippen LogP contribution >= 0.6 is 0 Å². The number of amides is 1. The maximum atomic E-state index is 12.4. The van der Waals surface area contributed by atoms with Gasteiger partial charge in [-0.05, 0) is 18.2 Å². The fourth-order valence-electron chi connectivity index (χ4n) is 4.01. The van der Waals surface area contributed by atoms with Crippen molar-refractivity contribution in [2.75, 3.05) is 18.9 Å². The summed E-state index contributed by atoms with van der Waals surface area (Å²) in [6.07, 6.45) is 8.65. The van der Waals surface area contributed by atoms with Gasteiger partial charge in [0, 0.05) is 44.7 Å². The maximum Gasteiger partial charge on any atom is 0.262 e. The van der Waals surface area contributed by atoms with Gasteiger partial charge in [0.1, 0.15) is 11.2 Å². The van der Waals surface area contributed by atoms with E-state index in [1.165, 1.54) is 4.90 Å². The molecule has 0 saturated carbocycles. The second-order valence-corrected chi connectivity index (χ2v) is 8.18. The van der Waals surface area contributed by atoms with Gasteiger partial charge in [0.15, 0.2) is 5.76 Å². The van der Waals surface area contributed by atoms with E-state index in [0.717, 1.165) is 11.2 Å². The zero-order valence-corrected chi connectivity index (χ0v) is 18.5. The number of anilines is 2. The first-order chi connectivity index (χ1) is 17.0. The van der Waals surface area contributed by atoms with Crippen molar-refractivity contribution >= 4 is 23.1 Å². The summed E-state index contributed by atoms with van der Waals surface area (Å²) in [5.74, 6) is 0.0682. The highest BCUT2D eigenvalue weighted by Crippen LogP contribution is 2.34. The summed E-state index contributed by atoms with van der Waals surface area (Å²) in [6, 6.07) is 8.71. The molecule has 1 amide bonds. The number of fused-ring (bicyclic) bond motifs is 1. The molecular formula is C23H19N9O3. The number of carbonyl (C=O) groups is 1. The molecule has 1 aliphatic heterocycles. The molecule has 2 N–H and O–H groups in total. The van der Waals surface area contributed by atoms with Gasteiger partial charge in [-0.2, -0.15) is 5.10 Å². The molecule has 6 rings (SSSR count). The van der Waals surface area contributed by atoms with Crippen molar-refractivity contribution in [1.29, 1.82) is 0 Å². The van der Waals surface area contributed by atoms with Crippen molar-refractivity contribution in [3.63, 3.8) is 0 Å². The van der Waals surface area contributed by atoms with Gasteiger partial charge in [0.05, 0.1) is 35.2 Å². The van der Waals surface area contributed by atoms with Crippen LogP contribution in [0, 0.1) is 0 Å². The van der Waals surface area contributed by atoms with E-state index in [9.17, 15) is 9.90 Å². The van der Waals surface area contributed by atoms with Gasteiger partial charge in [-0.1, -0.05) is 11.2 Å². The molecule has 1 aliphatic rings. The molecular weight excluding hydrogens is 450 g/mol. The van der Waals surface area contributed by atoms with E-state index in [1.54, 1.807) is 60.7 Å². The van der Waals surface area contributed by atoms with E-state index in [2.05, 4.69) is 35.5 Å². The lowest BCUT2D eigenvalue weighted by Gasteiger charge is -2.16. The normalized spacial score (nSPS) is 17.9. The summed E-state index contributed by atoms with van der Waals surface area (Å²) in [4.78, 5) is 31.5. The maximum absolute atomic E-state index is 12.4. The molecule has 0 radical (unpaired) electrons. The van der Waals surface area contributed by atoms with Gasteiger partial charge < -0.3 is 19.8 Å². The number of nitrogens with zero attached hydrogens (tertiary/aromatic N) is 8. The molecule has 5 aromatic rings. The molecule has 1 fully saturated rings. The van der Waals surface area contributed by atoms with Crippen molar-refractivity contribution in [2.45, 2.75) is 12.0 Å². The summed E-state index contributed by atoms with van der Waals surface area (Å²) in [7, 11) is 1.64. The van der Waals surface area contributed by atoms with E-state index in [0.29, 0.717) is 35.3 Å². The Labute approximate surface area is 198 Å². The number of rotatable bonds is 5. The van der Waals surface area contributed by atoms with Crippen LogP contribution in [-0.2, 0) is 10.4 Å². The number of aromatic nitrogens is 7. The van der Waals surface area contributed by atoms with Crippen LogP contribution in [-0.4, -0.2) is 64.2 Å². The average Bonchev–Trinajstić information content (AvgIpc) is 3.61. The van der Waals surface area contributed by atoms with Gasteiger partial charge in [-0.3, -0.25) is 9.78 Å². The summed E-state index contributed by atoms with van der Waals surface area (Å²) >= 11 is 0. The minimum absolute atomic E-state index is 0.102. The van der Waals surface area contributed by atoms with Crippen LogP contribution in [0.2, 0.25) is 0 Å². The number of nitrogens with one attached hydrogen (secondary N) is 1. The van der Waals surface area contributed by atoms with Gasteiger partial charge in [-0.15, -0.1) is 0 Å². The summed E-state index contributed by atoms with van der Waals surface area (Å²) in [5, 5.41) is 22.3. The number of carbonyl (C=O) groups excluding carboxylic acids is 1. The monoisotopic (exact) mass is 469 g/mol. The minimum atomic E-state index is -1.71. The molecule has 5 aromatic heterocycles. The standard InChI is InChI=1S/C23H19N9O3/c1-31-9-6-23(34,21(31)33)20-11-17(30-35-20)15-4-2-3-14(27-15)16-5-7-25-22(28-16)29-18-12-26-32-10-8-24-13-19(18)32/h2-5,7-8,10-13,34H,6,9H2,1H3,(H,25,28,29)/t23-/m1/s1. The third-order valence-corrected chi connectivity index (χ3v) is 5.93. The number of likely N-dealkylation sites (N-methyl/N-ethyl adjacent to an activating group) is 1. The lowest BCUT2D eigenvalue weighted by atomic mass is 9.98. The van der Waals surface area contributed by atoms with Gasteiger partial charge in [-0.25, -0.2) is 19.5 Å². The van der Waals surface area contributed by atoms with E-state index < -0.39 is 11.5 Å². The Bertz CT molecular complexity index is 1560.